The molecule has 1 unspecified atom stereocenters. The summed E-state index contributed by atoms with van der Waals surface area (Å²) in [7, 11) is 0. The Morgan fingerprint density at radius 2 is 2.30 bits per heavy atom. The number of allylic oxidation sites excluding steroid dienone is 2. The Kier molecular flexibility index (Phi) is 5.49. The molecule has 0 aromatic rings. The first kappa shape index (κ1) is 15.4. The Labute approximate surface area is 120 Å². The van der Waals surface area contributed by atoms with Crippen molar-refractivity contribution in [1.29, 1.82) is 0 Å². The number of hydrogen-bond acceptors (Lipinski definition) is 3. The standard InChI is InChI=1S/C16H25NO3/c1-12-5-2-7-14(19)16(12)15(20)11-13-6-3-8-17(13)9-4-10-18/h2,7,12-13,16,18H,3-6,8-11H2,1H3/p+1/t12-,13-,16+/m0/s1. The van der Waals surface area contributed by atoms with Crippen LogP contribution in [0.15, 0.2) is 12.2 Å². The van der Waals surface area contributed by atoms with E-state index in [4.69, 9.17) is 5.11 Å². The van der Waals surface area contributed by atoms with Crippen LogP contribution in [0.4, 0.5) is 0 Å². The molecule has 1 aliphatic carbocycles. The summed E-state index contributed by atoms with van der Waals surface area (Å²) in [5, 5.41) is 8.94. The highest BCUT2D eigenvalue weighted by Gasteiger charge is 2.37. The maximum atomic E-state index is 12.5. The van der Waals surface area contributed by atoms with E-state index in [9.17, 15) is 9.59 Å². The van der Waals surface area contributed by atoms with Gasteiger partial charge < -0.3 is 10.0 Å². The van der Waals surface area contributed by atoms with Crippen molar-refractivity contribution in [2.45, 2.75) is 45.1 Å². The molecule has 1 saturated heterocycles. The van der Waals surface area contributed by atoms with E-state index in [0.717, 1.165) is 38.8 Å². The molecular weight excluding hydrogens is 254 g/mol. The number of hydrogen-bond donors (Lipinski definition) is 2. The molecule has 4 heteroatoms. The molecule has 0 radical (unpaired) electrons. The van der Waals surface area contributed by atoms with Crippen LogP contribution in [-0.2, 0) is 9.59 Å². The van der Waals surface area contributed by atoms with Gasteiger partial charge in [-0.05, 0) is 18.4 Å². The fraction of sp³-hybridized carbons (Fsp3) is 0.750. The Morgan fingerprint density at radius 3 is 3.00 bits per heavy atom. The highest BCUT2D eigenvalue weighted by Crippen LogP contribution is 2.25. The second-order valence-corrected chi connectivity index (χ2v) is 6.24. The Balaban J connectivity index is 1.93. The van der Waals surface area contributed by atoms with Crippen LogP contribution >= 0.6 is 0 Å². The van der Waals surface area contributed by atoms with Gasteiger partial charge in [-0.2, -0.15) is 0 Å². The van der Waals surface area contributed by atoms with Crippen molar-refractivity contribution in [3.8, 4) is 0 Å². The van der Waals surface area contributed by atoms with Gasteiger partial charge in [0.05, 0.1) is 31.5 Å². The summed E-state index contributed by atoms with van der Waals surface area (Å²) in [4.78, 5) is 25.8. The summed E-state index contributed by atoms with van der Waals surface area (Å²) in [6.45, 7) is 4.23. The van der Waals surface area contributed by atoms with E-state index in [1.54, 1.807) is 6.08 Å². The van der Waals surface area contributed by atoms with Crippen LogP contribution < -0.4 is 4.90 Å². The molecule has 2 N–H and O–H groups in total. The second kappa shape index (κ2) is 7.14. The van der Waals surface area contributed by atoms with Crippen LogP contribution in [0.5, 0.6) is 0 Å². The van der Waals surface area contributed by atoms with Crippen molar-refractivity contribution >= 4 is 11.6 Å². The van der Waals surface area contributed by atoms with E-state index in [0.29, 0.717) is 12.5 Å². The van der Waals surface area contributed by atoms with Crippen molar-refractivity contribution in [3.05, 3.63) is 12.2 Å². The SMILES string of the molecule is C[C@H]1CC=CC(=O)[C@@H]1C(=O)C[C@@H]1CCC[NH+]1CCCO. The summed E-state index contributed by atoms with van der Waals surface area (Å²) >= 11 is 0. The van der Waals surface area contributed by atoms with Crippen molar-refractivity contribution in [2.24, 2.45) is 11.8 Å². The molecule has 4 atom stereocenters. The largest absolute Gasteiger partial charge is 0.396 e. The predicted molar refractivity (Wildman–Crippen MR) is 76.5 cm³/mol. The van der Waals surface area contributed by atoms with Crippen LogP contribution in [0.2, 0.25) is 0 Å². The summed E-state index contributed by atoms with van der Waals surface area (Å²) < 4.78 is 0. The topological polar surface area (TPSA) is 58.8 Å². The minimum absolute atomic E-state index is 0.0105. The van der Waals surface area contributed by atoms with Crippen LogP contribution in [-0.4, -0.2) is 42.4 Å². The van der Waals surface area contributed by atoms with Gasteiger partial charge in [-0.15, -0.1) is 0 Å². The lowest BCUT2D eigenvalue weighted by Crippen LogP contribution is -3.13. The molecule has 1 aliphatic heterocycles. The zero-order valence-corrected chi connectivity index (χ0v) is 12.3. The van der Waals surface area contributed by atoms with Crippen molar-refractivity contribution in [3.63, 3.8) is 0 Å². The van der Waals surface area contributed by atoms with Gasteiger partial charge in [0.15, 0.2) is 5.78 Å². The normalized spacial score (nSPS) is 33.6. The predicted octanol–water partition coefficient (Wildman–Crippen LogP) is 0.157. The number of Topliss-reactive ketones (excluding diaryl/α,β-unsaturated/α-hetero) is 1. The lowest BCUT2D eigenvalue weighted by molar-refractivity contribution is -0.911. The lowest BCUT2D eigenvalue weighted by Gasteiger charge is -2.26. The number of ketones is 2. The molecule has 0 bridgehead atoms. The third-order valence-electron chi connectivity index (χ3n) is 4.74. The molecule has 1 heterocycles. The van der Waals surface area contributed by atoms with Gasteiger partial charge in [-0.25, -0.2) is 0 Å². The number of rotatable bonds is 6. The zero-order chi connectivity index (χ0) is 14.5. The summed E-state index contributed by atoms with van der Waals surface area (Å²) in [6.07, 6.45) is 7.81. The molecule has 0 spiro atoms. The first-order chi connectivity index (χ1) is 9.63. The van der Waals surface area contributed by atoms with E-state index in [1.807, 2.05) is 13.0 Å². The van der Waals surface area contributed by atoms with Gasteiger partial charge in [-0.3, -0.25) is 9.59 Å². The van der Waals surface area contributed by atoms with Crippen LogP contribution in [0.1, 0.15) is 39.0 Å². The quantitative estimate of drug-likeness (QED) is 0.681. The van der Waals surface area contributed by atoms with Gasteiger partial charge in [0.25, 0.3) is 0 Å². The summed E-state index contributed by atoms with van der Waals surface area (Å²) in [6, 6.07) is 0.347. The molecule has 0 saturated carbocycles. The van der Waals surface area contributed by atoms with Crippen molar-refractivity contribution in [2.75, 3.05) is 19.7 Å². The lowest BCUT2D eigenvalue weighted by atomic mass is 9.79. The maximum Gasteiger partial charge on any atom is 0.166 e. The highest BCUT2D eigenvalue weighted by molar-refractivity contribution is 6.08. The van der Waals surface area contributed by atoms with Gasteiger partial charge in [-0.1, -0.05) is 13.0 Å². The van der Waals surface area contributed by atoms with Gasteiger partial charge in [0.1, 0.15) is 5.78 Å². The molecule has 0 aromatic carbocycles. The number of aliphatic hydroxyl groups excluding tert-OH is 1. The molecule has 0 aromatic heterocycles. The highest BCUT2D eigenvalue weighted by atomic mass is 16.3. The smallest absolute Gasteiger partial charge is 0.166 e. The molecule has 112 valence electrons. The fourth-order valence-electron chi connectivity index (χ4n) is 3.63. The molecule has 2 aliphatic rings. The van der Waals surface area contributed by atoms with E-state index < -0.39 is 5.92 Å². The number of nitrogens with one attached hydrogen (secondary N) is 1. The Morgan fingerprint density at radius 1 is 1.50 bits per heavy atom. The Hall–Kier alpha value is -1.00. The third kappa shape index (κ3) is 3.55. The average molecular weight is 280 g/mol. The number of carbonyl (C=O) groups excluding carboxylic acids is 2. The van der Waals surface area contributed by atoms with Crippen LogP contribution in [0, 0.1) is 11.8 Å². The second-order valence-electron chi connectivity index (χ2n) is 6.24. The number of carbonyl (C=O) groups is 2. The molecule has 20 heavy (non-hydrogen) atoms. The van der Waals surface area contributed by atoms with Gasteiger partial charge >= 0.3 is 0 Å². The third-order valence-corrected chi connectivity index (χ3v) is 4.74. The fourth-order valence-corrected chi connectivity index (χ4v) is 3.63. The number of quaternary nitrogens is 1. The van der Waals surface area contributed by atoms with E-state index in [-0.39, 0.29) is 24.1 Å². The zero-order valence-electron chi connectivity index (χ0n) is 12.3. The first-order valence-electron chi connectivity index (χ1n) is 7.82. The van der Waals surface area contributed by atoms with Crippen LogP contribution in [0.25, 0.3) is 0 Å². The Bertz CT molecular complexity index is 391. The minimum Gasteiger partial charge on any atom is -0.396 e. The maximum absolute atomic E-state index is 12.5. The van der Waals surface area contributed by atoms with Gasteiger partial charge in [0, 0.05) is 25.9 Å². The summed E-state index contributed by atoms with van der Waals surface area (Å²) in [5.41, 5.74) is 0. The number of aliphatic hydroxyl groups is 1. The summed E-state index contributed by atoms with van der Waals surface area (Å²) in [5.74, 6) is -0.161. The van der Waals surface area contributed by atoms with Gasteiger partial charge in [0.2, 0.25) is 0 Å². The van der Waals surface area contributed by atoms with E-state index in [1.165, 1.54) is 4.90 Å². The minimum atomic E-state index is -0.417. The van der Waals surface area contributed by atoms with Crippen LogP contribution in [0.3, 0.4) is 0 Å². The molecule has 1 fully saturated rings. The average Bonchev–Trinajstić information content (AvgIpc) is 2.83. The first-order valence-corrected chi connectivity index (χ1v) is 7.82. The van der Waals surface area contributed by atoms with Crippen molar-refractivity contribution in [1.82, 2.24) is 0 Å². The molecule has 2 rings (SSSR count). The molecular formula is C16H26NO3+. The molecule has 4 nitrogen and oxygen atoms in total. The van der Waals surface area contributed by atoms with E-state index in [2.05, 4.69) is 0 Å². The number of likely N-dealkylation sites (tertiary alicyclic amines) is 1. The molecule has 0 amide bonds. The van der Waals surface area contributed by atoms with Crippen molar-refractivity contribution < 1.29 is 19.6 Å². The monoisotopic (exact) mass is 280 g/mol. The van der Waals surface area contributed by atoms with E-state index >= 15 is 0 Å².